The highest BCUT2D eigenvalue weighted by atomic mass is 35.5. The van der Waals surface area contributed by atoms with Crippen LogP contribution in [0.3, 0.4) is 0 Å². The topological polar surface area (TPSA) is 94.7 Å². The molecule has 0 unspecified atom stereocenters. The van der Waals surface area contributed by atoms with Crippen molar-refractivity contribution in [3.63, 3.8) is 0 Å². The predicted molar refractivity (Wildman–Crippen MR) is 120 cm³/mol. The van der Waals surface area contributed by atoms with Gasteiger partial charge >= 0.3 is 0 Å². The maximum absolute atomic E-state index is 10.3. The fraction of sp³-hybridized carbons (Fsp3) is 0.478. The number of likely N-dealkylation sites (tertiary alicyclic amines) is 1. The zero-order valence-electron chi connectivity index (χ0n) is 17.5. The third kappa shape index (κ3) is 4.35. The Bertz CT molecular complexity index is 1070. The number of aromatic hydroxyl groups is 1. The number of fused-ring (bicyclic) bond motifs is 1. The first-order valence-corrected chi connectivity index (χ1v) is 11.3. The summed E-state index contributed by atoms with van der Waals surface area (Å²) in [6.45, 7) is 4.99. The number of aryl methyl sites for hydroxylation is 1. The summed E-state index contributed by atoms with van der Waals surface area (Å²) >= 11 is 6.03. The molecule has 5 rings (SSSR count). The van der Waals surface area contributed by atoms with Crippen molar-refractivity contribution in [3.05, 3.63) is 34.9 Å². The van der Waals surface area contributed by atoms with Crippen LogP contribution in [0.5, 0.6) is 5.75 Å². The molecule has 1 aliphatic carbocycles. The van der Waals surface area contributed by atoms with Crippen molar-refractivity contribution in [2.24, 2.45) is 5.92 Å². The van der Waals surface area contributed by atoms with Gasteiger partial charge < -0.3 is 24.8 Å². The van der Waals surface area contributed by atoms with Gasteiger partial charge in [-0.25, -0.2) is 4.98 Å². The summed E-state index contributed by atoms with van der Waals surface area (Å²) in [5, 5.41) is 23.8. The molecule has 0 bridgehead atoms. The number of pyridine rings is 1. The van der Waals surface area contributed by atoms with Crippen LogP contribution < -0.4 is 5.32 Å². The molecular weight excluding hydrogens is 416 g/mol. The van der Waals surface area contributed by atoms with E-state index in [4.69, 9.17) is 16.0 Å². The maximum Gasteiger partial charge on any atom is 0.297 e. The number of halogens is 1. The second-order valence-electron chi connectivity index (χ2n) is 8.89. The van der Waals surface area contributed by atoms with Crippen LogP contribution in [-0.4, -0.2) is 56.9 Å². The van der Waals surface area contributed by atoms with Crippen LogP contribution in [0, 0.1) is 12.8 Å². The van der Waals surface area contributed by atoms with Gasteiger partial charge in [-0.15, -0.1) is 0 Å². The van der Waals surface area contributed by atoms with Crippen molar-refractivity contribution >= 4 is 28.8 Å². The predicted octanol–water partition coefficient (Wildman–Crippen LogP) is 4.20. The second kappa shape index (κ2) is 8.30. The Morgan fingerprint density at radius 3 is 2.87 bits per heavy atom. The van der Waals surface area contributed by atoms with Crippen molar-refractivity contribution in [2.75, 3.05) is 25.0 Å². The standard InChI is InChI=1S/C23H27ClN4O3/c1-13-7-15(24)10-19(30)21(13)18-4-5-20-22(26-18)27-23(31-20)25-16-3-2-6-28(12-16)11-14-8-17(29)9-14/h4-5,7,10,14,16-17,29-30H,2-3,6,8-9,11-12H2,1H3,(H,25,26,27)/t14?,16-,17?/m1/s1. The summed E-state index contributed by atoms with van der Waals surface area (Å²) in [6, 6.07) is 7.72. The van der Waals surface area contributed by atoms with E-state index in [2.05, 4.69) is 20.2 Å². The van der Waals surface area contributed by atoms with Gasteiger partial charge in [0.1, 0.15) is 5.75 Å². The molecule has 3 heterocycles. The number of hydrogen-bond donors (Lipinski definition) is 3. The highest BCUT2D eigenvalue weighted by Crippen LogP contribution is 2.35. The van der Waals surface area contributed by atoms with Gasteiger partial charge in [-0.2, -0.15) is 4.98 Å². The molecule has 1 aromatic carbocycles. The Labute approximate surface area is 186 Å². The number of rotatable bonds is 5. The van der Waals surface area contributed by atoms with Crippen molar-refractivity contribution in [1.29, 1.82) is 0 Å². The number of aliphatic hydroxyl groups excluding tert-OH is 1. The van der Waals surface area contributed by atoms with Gasteiger partial charge in [-0.1, -0.05) is 11.6 Å². The summed E-state index contributed by atoms with van der Waals surface area (Å²) in [5.41, 5.74) is 3.23. The third-order valence-electron chi connectivity index (χ3n) is 6.35. The van der Waals surface area contributed by atoms with Crippen LogP contribution >= 0.6 is 11.6 Å². The van der Waals surface area contributed by atoms with Crippen LogP contribution in [0.2, 0.25) is 5.02 Å². The van der Waals surface area contributed by atoms with Crippen molar-refractivity contribution in [2.45, 2.75) is 44.8 Å². The monoisotopic (exact) mass is 442 g/mol. The molecule has 3 N–H and O–H groups in total. The number of hydrogen-bond acceptors (Lipinski definition) is 7. The molecule has 0 radical (unpaired) electrons. The average molecular weight is 443 g/mol. The molecule has 3 aromatic rings. The first-order valence-electron chi connectivity index (χ1n) is 10.9. The van der Waals surface area contributed by atoms with Gasteiger partial charge in [-0.05, 0) is 74.9 Å². The Hall–Kier alpha value is -2.35. The van der Waals surface area contributed by atoms with E-state index in [1.54, 1.807) is 6.07 Å². The molecule has 0 amide bonds. The summed E-state index contributed by atoms with van der Waals surface area (Å²) in [6.07, 6.45) is 3.95. The van der Waals surface area contributed by atoms with E-state index in [1.165, 1.54) is 6.07 Å². The maximum atomic E-state index is 10.3. The van der Waals surface area contributed by atoms with E-state index in [0.717, 1.165) is 50.9 Å². The van der Waals surface area contributed by atoms with E-state index in [0.29, 0.717) is 39.4 Å². The van der Waals surface area contributed by atoms with E-state index >= 15 is 0 Å². The Morgan fingerprint density at radius 1 is 1.26 bits per heavy atom. The number of oxazole rings is 1. The van der Waals surface area contributed by atoms with E-state index in [1.807, 2.05) is 19.1 Å². The Morgan fingerprint density at radius 2 is 2.10 bits per heavy atom. The molecule has 2 fully saturated rings. The lowest BCUT2D eigenvalue weighted by Gasteiger charge is -2.39. The Kier molecular flexibility index (Phi) is 5.50. The van der Waals surface area contributed by atoms with Gasteiger partial charge in [0.05, 0.1) is 11.8 Å². The molecule has 0 spiro atoms. The molecular formula is C23H27ClN4O3. The van der Waals surface area contributed by atoms with Gasteiger partial charge in [0.25, 0.3) is 6.01 Å². The fourth-order valence-corrected chi connectivity index (χ4v) is 5.07. The number of aliphatic hydroxyl groups is 1. The van der Waals surface area contributed by atoms with Crippen LogP contribution in [0.4, 0.5) is 6.01 Å². The first-order chi connectivity index (χ1) is 14.9. The minimum absolute atomic E-state index is 0.0972. The molecule has 1 saturated carbocycles. The molecule has 1 saturated heterocycles. The lowest BCUT2D eigenvalue weighted by Crippen LogP contribution is -2.46. The molecule has 7 nitrogen and oxygen atoms in total. The molecule has 2 aromatic heterocycles. The molecule has 1 aliphatic heterocycles. The summed E-state index contributed by atoms with van der Waals surface area (Å²) < 4.78 is 5.88. The first kappa shape index (κ1) is 20.5. The molecule has 31 heavy (non-hydrogen) atoms. The number of phenolic OH excluding ortho intramolecular Hbond substituents is 1. The largest absolute Gasteiger partial charge is 0.507 e. The van der Waals surface area contributed by atoms with Gasteiger partial charge in [0.15, 0.2) is 5.58 Å². The summed E-state index contributed by atoms with van der Waals surface area (Å²) in [7, 11) is 0. The SMILES string of the molecule is Cc1cc(Cl)cc(O)c1-c1ccc2oc(N[C@@H]3CCCN(CC4CC(O)C4)C3)nc2n1. The molecule has 164 valence electrons. The highest BCUT2D eigenvalue weighted by molar-refractivity contribution is 6.31. The molecule has 8 heteroatoms. The minimum Gasteiger partial charge on any atom is -0.507 e. The third-order valence-corrected chi connectivity index (χ3v) is 6.57. The number of benzene rings is 1. The summed E-state index contributed by atoms with van der Waals surface area (Å²) in [5.74, 6) is 0.716. The van der Waals surface area contributed by atoms with Crippen molar-refractivity contribution in [3.8, 4) is 17.0 Å². The highest BCUT2D eigenvalue weighted by Gasteiger charge is 2.30. The molecule has 1 atom stereocenters. The number of phenols is 1. The fourth-order valence-electron chi connectivity index (χ4n) is 4.81. The minimum atomic E-state index is -0.0978. The zero-order chi connectivity index (χ0) is 21.5. The quantitative estimate of drug-likeness (QED) is 0.545. The smallest absolute Gasteiger partial charge is 0.297 e. The van der Waals surface area contributed by atoms with Crippen molar-refractivity contribution in [1.82, 2.24) is 14.9 Å². The number of piperidine rings is 1. The van der Waals surface area contributed by atoms with E-state index < -0.39 is 0 Å². The number of nitrogens with one attached hydrogen (secondary N) is 1. The molecule has 2 aliphatic rings. The normalized spacial score (nSPS) is 24.3. The van der Waals surface area contributed by atoms with Crippen LogP contribution in [-0.2, 0) is 0 Å². The lowest BCUT2D eigenvalue weighted by molar-refractivity contribution is 0.0207. The van der Waals surface area contributed by atoms with Crippen LogP contribution in [0.15, 0.2) is 28.7 Å². The lowest BCUT2D eigenvalue weighted by atomic mass is 9.82. The zero-order valence-corrected chi connectivity index (χ0v) is 18.3. The van der Waals surface area contributed by atoms with Crippen molar-refractivity contribution < 1.29 is 14.6 Å². The average Bonchev–Trinajstić information content (AvgIpc) is 3.08. The van der Waals surface area contributed by atoms with Gasteiger partial charge in [-0.3, -0.25) is 0 Å². The summed E-state index contributed by atoms with van der Waals surface area (Å²) in [4.78, 5) is 11.6. The number of aromatic nitrogens is 2. The second-order valence-corrected chi connectivity index (χ2v) is 9.32. The Balaban J connectivity index is 1.30. The van der Waals surface area contributed by atoms with Gasteiger partial charge in [0.2, 0.25) is 5.65 Å². The number of nitrogens with zero attached hydrogens (tertiary/aromatic N) is 3. The van der Waals surface area contributed by atoms with Crippen LogP contribution in [0.1, 0.15) is 31.2 Å². The van der Waals surface area contributed by atoms with E-state index in [9.17, 15) is 10.2 Å². The number of anilines is 1. The van der Waals surface area contributed by atoms with E-state index in [-0.39, 0.29) is 17.9 Å². The van der Waals surface area contributed by atoms with Crippen LogP contribution in [0.25, 0.3) is 22.5 Å². The van der Waals surface area contributed by atoms with Gasteiger partial charge in [0, 0.05) is 29.7 Å².